The van der Waals surface area contributed by atoms with Crippen molar-refractivity contribution in [2.24, 2.45) is 5.41 Å². The smallest absolute Gasteiger partial charge is 0.123 e. The van der Waals surface area contributed by atoms with E-state index in [0.717, 1.165) is 48.7 Å². The lowest BCUT2D eigenvalue weighted by atomic mass is 9.89. The lowest BCUT2D eigenvalue weighted by Gasteiger charge is -2.15. The summed E-state index contributed by atoms with van der Waals surface area (Å²) in [7, 11) is 0. The summed E-state index contributed by atoms with van der Waals surface area (Å²) in [6, 6.07) is 8.04. The van der Waals surface area contributed by atoms with Crippen LogP contribution >= 0.6 is 11.6 Å². The fourth-order valence-electron chi connectivity index (χ4n) is 1.99. The zero-order chi connectivity index (χ0) is 15.7. The fraction of sp³-hybridized carbons (Fsp3) is 0.588. The number of nitrogens with zero attached hydrogens (tertiary/aromatic N) is 1. The maximum absolute atomic E-state index is 8.97. The van der Waals surface area contributed by atoms with Crippen molar-refractivity contribution in [3.05, 3.63) is 28.8 Å². The second kappa shape index (κ2) is 8.92. The highest BCUT2D eigenvalue weighted by Crippen LogP contribution is 2.24. The van der Waals surface area contributed by atoms with Crippen LogP contribution in [0.3, 0.4) is 0 Å². The number of rotatable bonds is 9. The first-order chi connectivity index (χ1) is 9.98. The summed E-state index contributed by atoms with van der Waals surface area (Å²) in [5, 5.41) is 13.0. The molecular formula is C17H25ClN2O. The molecule has 0 spiro atoms. The van der Waals surface area contributed by atoms with Gasteiger partial charge in [0.05, 0.1) is 18.1 Å². The molecule has 1 rings (SSSR count). The second-order valence-corrected chi connectivity index (χ2v) is 6.27. The van der Waals surface area contributed by atoms with Crippen LogP contribution in [0, 0.1) is 16.7 Å². The Morgan fingerprint density at radius 1 is 1.33 bits per heavy atom. The van der Waals surface area contributed by atoms with Gasteiger partial charge >= 0.3 is 0 Å². The predicted molar refractivity (Wildman–Crippen MR) is 87.6 cm³/mol. The standard InChI is InChI=1S/C17H25ClN2O/c1-4-20-12-14-11-15(18)7-8-16(14)21-10-6-5-9-17(2,3)13-19/h7-8,11,20H,4-6,9-10,12H2,1-3H3. The zero-order valence-corrected chi connectivity index (χ0v) is 14.0. The summed E-state index contributed by atoms with van der Waals surface area (Å²) in [6.45, 7) is 8.36. The average molecular weight is 309 g/mol. The monoisotopic (exact) mass is 308 g/mol. The molecule has 0 fully saturated rings. The number of halogens is 1. The van der Waals surface area contributed by atoms with Crippen LogP contribution in [0.5, 0.6) is 5.75 Å². The highest BCUT2D eigenvalue weighted by atomic mass is 35.5. The Labute approximate surface area is 133 Å². The summed E-state index contributed by atoms with van der Waals surface area (Å²) in [6.07, 6.45) is 2.85. The maximum atomic E-state index is 8.97. The van der Waals surface area contributed by atoms with Gasteiger partial charge in [0.1, 0.15) is 5.75 Å². The van der Waals surface area contributed by atoms with Crippen LogP contribution in [0.15, 0.2) is 18.2 Å². The lowest BCUT2D eigenvalue weighted by molar-refractivity contribution is 0.292. The van der Waals surface area contributed by atoms with E-state index >= 15 is 0 Å². The first kappa shape index (κ1) is 17.8. The van der Waals surface area contributed by atoms with E-state index in [1.807, 2.05) is 32.0 Å². The molecule has 0 radical (unpaired) electrons. The van der Waals surface area contributed by atoms with Crippen molar-refractivity contribution < 1.29 is 4.74 Å². The maximum Gasteiger partial charge on any atom is 0.123 e. The molecule has 0 unspecified atom stereocenters. The Morgan fingerprint density at radius 3 is 2.76 bits per heavy atom. The molecule has 21 heavy (non-hydrogen) atoms. The highest BCUT2D eigenvalue weighted by molar-refractivity contribution is 6.30. The van der Waals surface area contributed by atoms with Crippen LogP contribution in [0.2, 0.25) is 5.02 Å². The fourth-order valence-corrected chi connectivity index (χ4v) is 2.19. The number of nitriles is 1. The van der Waals surface area contributed by atoms with E-state index in [2.05, 4.69) is 18.3 Å². The topological polar surface area (TPSA) is 45.0 Å². The molecule has 0 aliphatic heterocycles. The summed E-state index contributed by atoms with van der Waals surface area (Å²) in [5.74, 6) is 0.889. The molecular weight excluding hydrogens is 284 g/mol. The Bertz CT molecular complexity index is 480. The van der Waals surface area contributed by atoms with E-state index in [4.69, 9.17) is 21.6 Å². The molecule has 0 bridgehead atoms. The number of nitrogens with one attached hydrogen (secondary N) is 1. The number of benzene rings is 1. The molecule has 0 saturated carbocycles. The van der Waals surface area contributed by atoms with E-state index in [-0.39, 0.29) is 5.41 Å². The van der Waals surface area contributed by atoms with Crippen molar-refractivity contribution >= 4 is 11.6 Å². The summed E-state index contributed by atoms with van der Waals surface area (Å²) < 4.78 is 5.86. The zero-order valence-electron chi connectivity index (χ0n) is 13.2. The Morgan fingerprint density at radius 2 is 2.10 bits per heavy atom. The van der Waals surface area contributed by atoms with Crippen molar-refractivity contribution in [2.75, 3.05) is 13.2 Å². The third-order valence-electron chi connectivity index (χ3n) is 3.34. The van der Waals surface area contributed by atoms with Crippen LogP contribution in [-0.4, -0.2) is 13.2 Å². The van der Waals surface area contributed by atoms with Crippen LogP contribution in [0.4, 0.5) is 0 Å². The Balaban J connectivity index is 2.43. The molecule has 0 amide bonds. The van der Waals surface area contributed by atoms with Gasteiger partial charge in [-0.25, -0.2) is 0 Å². The minimum atomic E-state index is -0.240. The minimum Gasteiger partial charge on any atom is -0.493 e. The first-order valence-corrected chi connectivity index (χ1v) is 7.89. The third-order valence-corrected chi connectivity index (χ3v) is 3.58. The van der Waals surface area contributed by atoms with Crippen LogP contribution < -0.4 is 10.1 Å². The molecule has 0 aliphatic carbocycles. The molecule has 0 saturated heterocycles. The van der Waals surface area contributed by atoms with Crippen molar-refractivity contribution in [1.29, 1.82) is 5.26 Å². The lowest BCUT2D eigenvalue weighted by Crippen LogP contribution is -2.13. The summed E-state index contributed by atoms with van der Waals surface area (Å²) >= 11 is 6.03. The van der Waals surface area contributed by atoms with Gasteiger partial charge in [0.15, 0.2) is 0 Å². The molecule has 0 atom stereocenters. The van der Waals surface area contributed by atoms with Crippen molar-refractivity contribution in [1.82, 2.24) is 5.32 Å². The van der Waals surface area contributed by atoms with E-state index < -0.39 is 0 Å². The highest BCUT2D eigenvalue weighted by Gasteiger charge is 2.15. The van der Waals surface area contributed by atoms with Crippen molar-refractivity contribution in [3.63, 3.8) is 0 Å². The van der Waals surface area contributed by atoms with Gasteiger partial charge in [-0.1, -0.05) is 18.5 Å². The van der Waals surface area contributed by atoms with Crippen LogP contribution in [-0.2, 0) is 6.54 Å². The quantitative estimate of drug-likeness (QED) is 0.681. The molecule has 116 valence electrons. The minimum absolute atomic E-state index is 0.240. The van der Waals surface area contributed by atoms with E-state index in [1.165, 1.54) is 0 Å². The largest absolute Gasteiger partial charge is 0.493 e. The molecule has 1 aromatic rings. The van der Waals surface area contributed by atoms with E-state index in [0.29, 0.717) is 6.61 Å². The van der Waals surface area contributed by atoms with Gasteiger partial charge in [0.25, 0.3) is 0 Å². The first-order valence-electron chi connectivity index (χ1n) is 7.51. The summed E-state index contributed by atoms with van der Waals surface area (Å²) in [4.78, 5) is 0. The van der Waals surface area contributed by atoms with E-state index in [9.17, 15) is 0 Å². The van der Waals surface area contributed by atoms with Crippen molar-refractivity contribution in [2.45, 2.75) is 46.6 Å². The normalized spacial score (nSPS) is 11.2. The number of ether oxygens (including phenoxy) is 1. The number of hydrogen-bond donors (Lipinski definition) is 1. The van der Waals surface area contributed by atoms with Gasteiger partial charge < -0.3 is 10.1 Å². The Kier molecular flexibility index (Phi) is 7.56. The Hall–Kier alpha value is -1.24. The molecule has 0 aliphatic rings. The molecule has 0 heterocycles. The SMILES string of the molecule is CCNCc1cc(Cl)ccc1OCCCCC(C)(C)C#N. The predicted octanol–water partition coefficient (Wildman–Crippen LogP) is 4.55. The van der Waals surface area contributed by atoms with Gasteiger partial charge in [0.2, 0.25) is 0 Å². The molecule has 1 aromatic carbocycles. The number of hydrogen-bond acceptors (Lipinski definition) is 3. The van der Waals surface area contributed by atoms with Gasteiger partial charge in [-0.2, -0.15) is 5.26 Å². The van der Waals surface area contributed by atoms with Crippen LogP contribution in [0.1, 0.15) is 45.6 Å². The molecule has 3 nitrogen and oxygen atoms in total. The van der Waals surface area contributed by atoms with Crippen molar-refractivity contribution in [3.8, 4) is 11.8 Å². The molecule has 1 N–H and O–H groups in total. The van der Waals surface area contributed by atoms with Gasteiger partial charge in [-0.15, -0.1) is 0 Å². The second-order valence-electron chi connectivity index (χ2n) is 5.83. The van der Waals surface area contributed by atoms with E-state index in [1.54, 1.807) is 0 Å². The third kappa shape index (κ3) is 6.84. The average Bonchev–Trinajstić information content (AvgIpc) is 2.46. The molecule has 0 aromatic heterocycles. The molecule has 4 heteroatoms. The van der Waals surface area contributed by atoms with Gasteiger partial charge in [-0.3, -0.25) is 0 Å². The van der Waals surface area contributed by atoms with Crippen LogP contribution in [0.25, 0.3) is 0 Å². The van der Waals surface area contributed by atoms with Gasteiger partial charge in [0, 0.05) is 17.1 Å². The summed E-state index contributed by atoms with van der Waals surface area (Å²) in [5.41, 5.74) is 0.845. The number of unbranched alkanes of at least 4 members (excludes halogenated alkanes) is 1. The van der Waals surface area contributed by atoms with Gasteiger partial charge in [-0.05, 0) is 57.9 Å².